The Bertz CT molecular complexity index is 964. The summed E-state index contributed by atoms with van der Waals surface area (Å²) in [5.74, 6) is -1.82. The lowest BCUT2D eigenvalue weighted by molar-refractivity contribution is -0.889. The zero-order chi connectivity index (χ0) is 37.1. The van der Waals surface area contributed by atoms with Crippen molar-refractivity contribution in [3.8, 4) is 0 Å². The second-order valence-electron chi connectivity index (χ2n) is 14.1. The summed E-state index contributed by atoms with van der Waals surface area (Å²) in [6.45, 7) is 4.42. The van der Waals surface area contributed by atoms with Crippen LogP contribution in [0.25, 0.3) is 0 Å². The molecule has 0 aromatic carbocycles. The van der Waals surface area contributed by atoms with Crippen molar-refractivity contribution >= 4 is 17.9 Å². The van der Waals surface area contributed by atoms with E-state index in [0.717, 1.165) is 57.8 Å². The lowest BCUT2D eigenvalue weighted by atomic mass is 10.1. The summed E-state index contributed by atoms with van der Waals surface area (Å²) >= 11 is 0. The van der Waals surface area contributed by atoms with Gasteiger partial charge in [-0.15, -0.1) is 0 Å². The van der Waals surface area contributed by atoms with Crippen LogP contribution in [0.2, 0.25) is 0 Å². The SMILES string of the molecule is CC/C=C/C/C=C/C/C=C/CCCCCCCCCCCC(=O)OCC(COCCC(C(=O)[O-])[N+](C)(C)C)OC(=O)CC/C=C/CCCCC. The predicted molar refractivity (Wildman–Crippen MR) is 203 cm³/mol. The van der Waals surface area contributed by atoms with Crippen molar-refractivity contribution in [3.63, 3.8) is 0 Å². The number of allylic oxidation sites excluding steroid dienone is 8. The van der Waals surface area contributed by atoms with Crippen LogP contribution in [0.15, 0.2) is 48.6 Å². The lowest BCUT2D eigenvalue weighted by Gasteiger charge is -2.34. The van der Waals surface area contributed by atoms with Gasteiger partial charge in [-0.1, -0.05) is 120 Å². The number of ether oxygens (including phenoxy) is 3. The lowest BCUT2D eigenvalue weighted by Crippen LogP contribution is -2.55. The molecule has 0 fully saturated rings. The number of carboxylic acids is 1. The van der Waals surface area contributed by atoms with E-state index in [2.05, 4.69) is 56.4 Å². The fraction of sp³-hybridized carbons (Fsp3) is 0.738. The Morgan fingerprint density at radius 1 is 0.620 bits per heavy atom. The fourth-order valence-electron chi connectivity index (χ4n) is 5.39. The van der Waals surface area contributed by atoms with Gasteiger partial charge in [-0.3, -0.25) is 9.59 Å². The van der Waals surface area contributed by atoms with Crippen molar-refractivity contribution in [3.05, 3.63) is 48.6 Å². The summed E-state index contributed by atoms with van der Waals surface area (Å²) in [7, 11) is 5.37. The summed E-state index contributed by atoms with van der Waals surface area (Å²) in [5, 5.41) is 11.6. The molecule has 0 N–H and O–H groups in total. The van der Waals surface area contributed by atoms with Crippen molar-refractivity contribution in [2.75, 3.05) is 41.0 Å². The molecule has 0 aliphatic carbocycles. The van der Waals surface area contributed by atoms with Gasteiger partial charge in [0.15, 0.2) is 6.10 Å². The first-order chi connectivity index (χ1) is 24.1. The minimum atomic E-state index is -1.13. The topological polar surface area (TPSA) is 102 Å². The van der Waals surface area contributed by atoms with Gasteiger partial charge in [0.1, 0.15) is 12.6 Å². The Balaban J connectivity index is 4.27. The Morgan fingerprint density at radius 2 is 1.16 bits per heavy atom. The number of carbonyl (C=O) groups is 3. The van der Waals surface area contributed by atoms with E-state index >= 15 is 0 Å². The van der Waals surface area contributed by atoms with Crippen LogP contribution in [0.1, 0.15) is 149 Å². The molecule has 288 valence electrons. The van der Waals surface area contributed by atoms with E-state index in [9.17, 15) is 19.5 Å². The fourth-order valence-corrected chi connectivity index (χ4v) is 5.39. The molecule has 0 saturated heterocycles. The number of unbranched alkanes of at least 4 members (excludes halogenated alkanes) is 12. The van der Waals surface area contributed by atoms with E-state index in [1.165, 1.54) is 51.4 Å². The number of likely N-dealkylation sites (N-methyl/N-ethyl adjacent to an activating group) is 1. The van der Waals surface area contributed by atoms with Gasteiger partial charge in [0.2, 0.25) is 0 Å². The van der Waals surface area contributed by atoms with Crippen LogP contribution in [0.5, 0.6) is 0 Å². The number of carboxylic acid groups (broad SMARTS) is 1. The monoisotopic (exact) mass is 704 g/mol. The minimum Gasteiger partial charge on any atom is -0.544 e. The number of aliphatic carboxylic acids is 1. The van der Waals surface area contributed by atoms with E-state index in [1.807, 2.05) is 6.08 Å². The Kier molecular flexibility index (Phi) is 31.6. The van der Waals surface area contributed by atoms with Gasteiger partial charge >= 0.3 is 11.9 Å². The first-order valence-electron chi connectivity index (χ1n) is 19.7. The summed E-state index contributed by atoms with van der Waals surface area (Å²) in [4.78, 5) is 36.5. The number of hydrogen-bond donors (Lipinski definition) is 0. The highest BCUT2D eigenvalue weighted by molar-refractivity contribution is 5.70. The largest absolute Gasteiger partial charge is 0.544 e. The summed E-state index contributed by atoms with van der Waals surface area (Å²) in [6.07, 6.45) is 37.4. The van der Waals surface area contributed by atoms with Crippen molar-refractivity contribution < 1.29 is 38.2 Å². The molecule has 0 aromatic heterocycles. The molecule has 0 saturated carbocycles. The molecular formula is C42H73NO7. The molecule has 50 heavy (non-hydrogen) atoms. The van der Waals surface area contributed by atoms with Crippen LogP contribution in [0.4, 0.5) is 0 Å². The van der Waals surface area contributed by atoms with Crippen LogP contribution in [0, 0.1) is 0 Å². The third kappa shape index (κ3) is 31.3. The maximum absolute atomic E-state index is 12.5. The van der Waals surface area contributed by atoms with Crippen LogP contribution in [-0.2, 0) is 28.6 Å². The molecule has 0 rings (SSSR count). The zero-order valence-corrected chi connectivity index (χ0v) is 32.5. The van der Waals surface area contributed by atoms with Gasteiger partial charge in [-0.2, -0.15) is 0 Å². The number of carbonyl (C=O) groups excluding carboxylic acids is 3. The predicted octanol–water partition coefficient (Wildman–Crippen LogP) is 8.74. The second-order valence-corrected chi connectivity index (χ2v) is 14.1. The molecule has 2 atom stereocenters. The molecule has 8 nitrogen and oxygen atoms in total. The summed E-state index contributed by atoms with van der Waals surface area (Å²) < 4.78 is 17.0. The molecule has 8 heteroatoms. The Morgan fingerprint density at radius 3 is 1.76 bits per heavy atom. The van der Waals surface area contributed by atoms with Crippen molar-refractivity contribution in [2.24, 2.45) is 0 Å². The molecular weight excluding hydrogens is 630 g/mol. The summed E-state index contributed by atoms with van der Waals surface area (Å²) in [5.41, 5.74) is 0. The smallest absolute Gasteiger partial charge is 0.306 e. The average molecular weight is 704 g/mol. The van der Waals surface area contributed by atoms with Crippen LogP contribution in [0.3, 0.4) is 0 Å². The molecule has 0 aliphatic heterocycles. The van der Waals surface area contributed by atoms with E-state index in [0.29, 0.717) is 12.8 Å². The number of rotatable bonds is 34. The zero-order valence-electron chi connectivity index (χ0n) is 32.5. The van der Waals surface area contributed by atoms with Gasteiger partial charge in [-0.25, -0.2) is 0 Å². The molecule has 0 heterocycles. The van der Waals surface area contributed by atoms with Gasteiger partial charge < -0.3 is 28.6 Å². The number of quaternary nitrogens is 1. The van der Waals surface area contributed by atoms with Crippen LogP contribution in [-0.4, -0.2) is 75.5 Å². The van der Waals surface area contributed by atoms with E-state index in [4.69, 9.17) is 14.2 Å². The first kappa shape index (κ1) is 47.3. The van der Waals surface area contributed by atoms with Crippen molar-refractivity contribution in [1.82, 2.24) is 0 Å². The quantitative estimate of drug-likeness (QED) is 0.0286. The van der Waals surface area contributed by atoms with Gasteiger partial charge in [0.25, 0.3) is 0 Å². The maximum Gasteiger partial charge on any atom is 0.306 e. The van der Waals surface area contributed by atoms with Crippen LogP contribution >= 0.6 is 0 Å². The maximum atomic E-state index is 12.5. The van der Waals surface area contributed by atoms with Crippen LogP contribution < -0.4 is 5.11 Å². The van der Waals surface area contributed by atoms with E-state index in [-0.39, 0.29) is 49.1 Å². The molecule has 0 radical (unpaired) electrons. The molecule has 0 spiro atoms. The van der Waals surface area contributed by atoms with Gasteiger partial charge in [0, 0.05) is 19.3 Å². The molecule has 0 amide bonds. The molecule has 2 unspecified atom stereocenters. The third-order valence-electron chi connectivity index (χ3n) is 8.46. The number of nitrogens with zero attached hydrogens (tertiary/aromatic N) is 1. The van der Waals surface area contributed by atoms with Gasteiger partial charge in [-0.05, 0) is 57.8 Å². The highest BCUT2D eigenvalue weighted by Crippen LogP contribution is 2.13. The molecule has 0 bridgehead atoms. The average Bonchev–Trinajstić information content (AvgIpc) is 3.06. The van der Waals surface area contributed by atoms with E-state index in [1.54, 1.807) is 21.1 Å². The summed E-state index contributed by atoms with van der Waals surface area (Å²) in [6, 6.07) is -0.730. The van der Waals surface area contributed by atoms with E-state index < -0.39 is 18.1 Å². The van der Waals surface area contributed by atoms with Crippen molar-refractivity contribution in [1.29, 1.82) is 0 Å². The second kappa shape index (κ2) is 33.4. The highest BCUT2D eigenvalue weighted by Gasteiger charge is 2.25. The third-order valence-corrected chi connectivity index (χ3v) is 8.46. The normalized spacial score (nSPS) is 13.5. The molecule has 0 aliphatic rings. The number of esters is 2. The molecule has 0 aromatic rings. The Hall–Kier alpha value is -2.71. The van der Waals surface area contributed by atoms with Gasteiger partial charge in [0.05, 0.1) is 40.3 Å². The first-order valence-corrected chi connectivity index (χ1v) is 19.7. The Labute approximate surface area is 306 Å². The highest BCUT2D eigenvalue weighted by atomic mass is 16.6. The minimum absolute atomic E-state index is 0.0223. The van der Waals surface area contributed by atoms with Crippen molar-refractivity contribution in [2.45, 2.75) is 161 Å². The number of hydrogen-bond acceptors (Lipinski definition) is 7. The standard InChI is InChI=1S/C42H73NO7/c1-6-8-10-12-14-15-16-17-18-19-20-21-22-23-24-25-27-28-30-32-40(44)49-37-38(36-48-35-34-39(42(46)47)43(3,4)5)50-41(45)33-31-29-26-13-11-9-7-2/h8,10,14-15,17-18,26,29,38-39H,6-7,9,11-13,16,19-25,27-28,30-37H2,1-5H3/b10-8+,15-14+,18-17+,29-26+.